The van der Waals surface area contributed by atoms with Gasteiger partial charge in [-0.1, -0.05) is 41.1 Å². The van der Waals surface area contributed by atoms with Crippen LogP contribution in [0.25, 0.3) is 0 Å². The molecule has 20 heavy (non-hydrogen) atoms. The number of carbonyl (C=O) groups excluding carboxylic acids is 1. The van der Waals surface area contributed by atoms with E-state index in [1.807, 2.05) is 23.1 Å². The summed E-state index contributed by atoms with van der Waals surface area (Å²) >= 11 is 3.57. The molecule has 1 aliphatic heterocycles. The standard InChI is InChI=1S/C16H23BrN2O/c1-2-13(9-14-5-3-4-6-15(14)17)16(20)19-8-7-12(10-18)11-19/h3-6,12-13H,2,7-11,18H2,1H3. The monoisotopic (exact) mass is 338 g/mol. The molecule has 1 aromatic carbocycles. The van der Waals surface area contributed by atoms with E-state index in [2.05, 4.69) is 28.9 Å². The van der Waals surface area contributed by atoms with Gasteiger partial charge in [-0.05, 0) is 43.4 Å². The fourth-order valence-corrected chi connectivity index (χ4v) is 3.27. The molecule has 1 saturated heterocycles. The third-order valence-corrected chi connectivity index (χ3v) is 4.97. The average molecular weight is 339 g/mol. The number of nitrogens with zero attached hydrogens (tertiary/aromatic N) is 1. The van der Waals surface area contributed by atoms with Crippen LogP contribution in [-0.2, 0) is 11.2 Å². The Hall–Kier alpha value is -0.870. The van der Waals surface area contributed by atoms with Crippen molar-refractivity contribution in [2.75, 3.05) is 19.6 Å². The topological polar surface area (TPSA) is 46.3 Å². The van der Waals surface area contributed by atoms with E-state index in [-0.39, 0.29) is 5.92 Å². The Balaban J connectivity index is 2.01. The molecule has 4 heteroatoms. The van der Waals surface area contributed by atoms with Gasteiger partial charge in [0.1, 0.15) is 0 Å². The molecule has 0 spiro atoms. The lowest BCUT2D eigenvalue weighted by Gasteiger charge is -2.23. The van der Waals surface area contributed by atoms with Crippen molar-refractivity contribution < 1.29 is 4.79 Å². The molecule has 2 unspecified atom stereocenters. The molecule has 0 bridgehead atoms. The number of carbonyl (C=O) groups is 1. The Morgan fingerprint density at radius 1 is 1.50 bits per heavy atom. The molecule has 3 nitrogen and oxygen atoms in total. The predicted molar refractivity (Wildman–Crippen MR) is 85.4 cm³/mol. The first-order valence-electron chi connectivity index (χ1n) is 7.38. The number of hydrogen-bond acceptors (Lipinski definition) is 2. The zero-order valence-electron chi connectivity index (χ0n) is 12.0. The van der Waals surface area contributed by atoms with Gasteiger partial charge in [-0.3, -0.25) is 4.79 Å². The molecule has 1 aromatic rings. The molecule has 0 radical (unpaired) electrons. The molecular weight excluding hydrogens is 316 g/mol. The molecule has 0 aromatic heterocycles. The highest BCUT2D eigenvalue weighted by Gasteiger charge is 2.29. The minimum Gasteiger partial charge on any atom is -0.342 e. The maximum absolute atomic E-state index is 12.6. The van der Waals surface area contributed by atoms with Crippen LogP contribution in [0.3, 0.4) is 0 Å². The van der Waals surface area contributed by atoms with E-state index in [4.69, 9.17) is 5.73 Å². The highest BCUT2D eigenvalue weighted by atomic mass is 79.9. The second-order valence-corrected chi connectivity index (χ2v) is 6.43. The van der Waals surface area contributed by atoms with Crippen LogP contribution in [0.2, 0.25) is 0 Å². The van der Waals surface area contributed by atoms with Gasteiger partial charge in [0.15, 0.2) is 0 Å². The minimum absolute atomic E-state index is 0.0743. The van der Waals surface area contributed by atoms with Crippen LogP contribution in [0.5, 0.6) is 0 Å². The van der Waals surface area contributed by atoms with Gasteiger partial charge in [0.25, 0.3) is 0 Å². The first-order valence-corrected chi connectivity index (χ1v) is 8.17. The van der Waals surface area contributed by atoms with Crippen molar-refractivity contribution in [3.8, 4) is 0 Å². The van der Waals surface area contributed by atoms with Crippen molar-refractivity contribution in [2.45, 2.75) is 26.2 Å². The summed E-state index contributed by atoms with van der Waals surface area (Å²) in [7, 11) is 0. The average Bonchev–Trinajstić information content (AvgIpc) is 2.94. The van der Waals surface area contributed by atoms with E-state index >= 15 is 0 Å². The van der Waals surface area contributed by atoms with E-state index in [0.717, 1.165) is 36.8 Å². The number of likely N-dealkylation sites (tertiary alicyclic amines) is 1. The third kappa shape index (κ3) is 3.61. The summed E-state index contributed by atoms with van der Waals surface area (Å²) < 4.78 is 1.09. The number of halogens is 1. The quantitative estimate of drug-likeness (QED) is 0.897. The summed E-state index contributed by atoms with van der Waals surface area (Å²) in [5.41, 5.74) is 6.91. The summed E-state index contributed by atoms with van der Waals surface area (Å²) in [5, 5.41) is 0. The summed E-state index contributed by atoms with van der Waals surface area (Å²) in [6.45, 7) is 4.48. The van der Waals surface area contributed by atoms with Gasteiger partial charge in [-0.2, -0.15) is 0 Å². The lowest BCUT2D eigenvalue weighted by Crippen LogP contribution is -2.35. The van der Waals surface area contributed by atoms with E-state index < -0.39 is 0 Å². The largest absolute Gasteiger partial charge is 0.342 e. The predicted octanol–water partition coefficient (Wildman–Crippen LogP) is 2.83. The van der Waals surface area contributed by atoms with Crippen molar-refractivity contribution >= 4 is 21.8 Å². The third-order valence-electron chi connectivity index (χ3n) is 4.20. The van der Waals surface area contributed by atoms with Gasteiger partial charge >= 0.3 is 0 Å². The summed E-state index contributed by atoms with van der Waals surface area (Å²) in [5.74, 6) is 0.851. The number of amides is 1. The fraction of sp³-hybridized carbons (Fsp3) is 0.562. The zero-order chi connectivity index (χ0) is 14.5. The van der Waals surface area contributed by atoms with Crippen LogP contribution in [0, 0.1) is 11.8 Å². The minimum atomic E-state index is 0.0743. The van der Waals surface area contributed by atoms with Crippen molar-refractivity contribution in [1.29, 1.82) is 0 Å². The van der Waals surface area contributed by atoms with Crippen LogP contribution in [0.1, 0.15) is 25.3 Å². The molecule has 1 amide bonds. The van der Waals surface area contributed by atoms with Crippen molar-refractivity contribution in [1.82, 2.24) is 4.90 Å². The van der Waals surface area contributed by atoms with Crippen LogP contribution < -0.4 is 5.73 Å². The Labute approximate surface area is 129 Å². The van der Waals surface area contributed by atoms with Gasteiger partial charge in [0, 0.05) is 23.5 Å². The zero-order valence-corrected chi connectivity index (χ0v) is 13.6. The van der Waals surface area contributed by atoms with Crippen LogP contribution in [-0.4, -0.2) is 30.4 Å². The molecule has 2 rings (SSSR count). The Morgan fingerprint density at radius 3 is 2.85 bits per heavy atom. The first-order chi connectivity index (χ1) is 9.65. The highest BCUT2D eigenvalue weighted by molar-refractivity contribution is 9.10. The maximum atomic E-state index is 12.6. The SMILES string of the molecule is CCC(Cc1ccccc1Br)C(=O)N1CCC(CN)C1. The maximum Gasteiger partial charge on any atom is 0.226 e. The van der Waals surface area contributed by atoms with Crippen LogP contribution in [0.15, 0.2) is 28.7 Å². The van der Waals surface area contributed by atoms with Gasteiger partial charge in [0.05, 0.1) is 0 Å². The van der Waals surface area contributed by atoms with Gasteiger partial charge < -0.3 is 10.6 Å². The molecule has 0 aliphatic carbocycles. The van der Waals surface area contributed by atoms with Gasteiger partial charge in [0.2, 0.25) is 5.91 Å². The molecule has 2 atom stereocenters. The summed E-state index contributed by atoms with van der Waals surface area (Å²) in [6, 6.07) is 8.15. The normalized spacial score (nSPS) is 20.1. The van der Waals surface area contributed by atoms with Gasteiger partial charge in [-0.15, -0.1) is 0 Å². The Kier molecular flexibility index (Phi) is 5.61. The second-order valence-electron chi connectivity index (χ2n) is 5.58. The molecule has 1 fully saturated rings. The Morgan fingerprint density at radius 2 is 2.25 bits per heavy atom. The highest BCUT2D eigenvalue weighted by Crippen LogP contribution is 2.24. The number of benzene rings is 1. The summed E-state index contributed by atoms with van der Waals surface area (Å²) in [6.07, 6.45) is 2.73. The smallest absolute Gasteiger partial charge is 0.226 e. The lowest BCUT2D eigenvalue weighted by molar-refractivity contribution is -0.134. The summed E-state index contributed by atoms with van der Waals surface area (Å²) in [4.78, 5) is 14.6. The number of hydrogen-bond donors (Lipinski definition) is 1. The van der Waals surface area contributed by atoms with Gasteiger partial charge in [-0.25, -0.2) is 0 Å². The molecule has 1 aliphatic rings. The number of rotatable bonds is 5. The lowest BCUT2D eigenvalue weighted by atomic mass is 9.95. The van der Waals surface area contributed by atoms with E-state index in [9.17, 15) is 4.79 Å². The first kappa shape index (κ1) is 15.5. The van der Waals surface area contributed by atoms with Crippen molar-refractivity contribution in [3.63, 3.8) is 0 Å². The Bertz CT molecular complexity index is 464. The molecule has 0 saturated carbocycles. The molecule has 2 N–H and O–H groups in total. The van der Waals surface area contributed by atoms with E-state index in [1.165, 1.54) is 5.56 Å². The van der Waals surface area contributed by atoms with E-state index in [0.29, 0.717) is 18.4 Å². The second kappa shape index (κ2) is 7.23. The van der Waals surface area contributed by atoms with Crippen LogP contribution >= 0.6 is 15.9 Å². The molecular formula is C16H23BrN2O. The van der Waals surface area contributed by atoms with E-state index in [1.54, 1.807) is 0 Å². The molecule has 110 valence electrons. The molecule has 1 heterocycles. The van der Waals surface area contributed by atoms with Crippen molar-refractivity contribution in [2.24, 2.45) is 17.6 Å². The fourth-order valence-electron chi connectivity index (χ4n) is 2.82. The van der Waals surface area contributed by atoms with Crippen LogP contribution in [0.4, 0.5) is 0 Å². The van der Waals surface area contributed by atoms with Crippen molar-refractivity contribution in [3.05, 3.63) is 34.3 Å². The number of nitrogens with two attached hydrogens (primary N) is 1.